The summed E-state index contributed by atoms with van der Waals surface area (Å²) >= 11 is 1.27. The number of aromatic nitrogens is 3. The predicted octanol–water partition coefficient (Wildman–Crippen LogP) is 1.86. The Balaban J connectivity index is 2.27. The summed E-state index contributed by atoms with van der Waals surface area (Å²) in [7, 11) is 1.51. The molecule has 0 unspecified atom stereocenters. The molecule has 2 heterocycles. The molecule has 20 heavy (non-hydrogen) atoms. The molecule has 0 aliphatic carbocycles. The number of anilines is 1. The van der Waals surface area contributed by atoms with Crippen LogP contribution in [0, 0.1) is 0 Å². The lowest BCUT2D eigenvalue weighted by atomic mass is 10.2. The second-order valence-corrected chi connectivity index (χ2v) is 5.15. The fourth-order valence-corrected chi connectivity index (χ4v) is 2.45. The van der Waals surface area contributed by atoms with Crippen molar-refractivity contribution in [2.24, 2.45) is 0 Å². The quantitative estimate of drug-likeness (QED) is 0.817. The van der Waals surface area contributed by atoms with Crippen LogP contribution in [0.2, 0.25) is 0 Å². The molecule has 3 N–H and O–H groups in total. The molecule has 6 nitrogen and oxygen atoms in total. The number of methoxy groups -OCH3 is 1. The fourth-order valence-electron chi connectivity index (χ4n) is 1.67. The third-order valence-corrected chi connectivity index (χ3v) is 3.36. The Bertz CT molecular complexity index is 657. The van der Waals surface area contributed by atoms with Gasteiger partial charge in [0.15, 0.2) is 5.16 Å². The zero-order valence-corrected chi connectivity index (χ0v) is 12.2. The Hall–Kier alpha value is -2.02. The summed E-state index contributed by atoms with van der Waals surface area (Å²) < 4.78 is 5.07. The average molecular weight is 292 g/mol. The van der Waals surface area contributed by atoms with Crippen LogP contribution in [0.5, 0.6) is 5.88 Å². The molecule has 2 aromatic rings. The van der Waals surface area contributed by atoms with Crippen LogP contribution in [0.1, 0.15) is 19.0 Å². The summed E-state index contributed by atoms with van der Waals surface area (Å²) in [5.74, 6) is 0.363. The van der Waals surface area contributed by atoms with Gasteiger partial charge in [0.25, 0.3) is 5.56 Å². The predicted molar refractivity (Wildman–Crippen MR) is 78.2 cm³/mol. The Morgan fingerprint density at radius 1 is 1.40 bits per heavy atom. The first-order chi connectivity index (χ1) is 9.62. The van der Waals surface area contributed by atoms with Crippen LogP contribution >= 0.6 is 11.8 Å². The van der Waals surface area contributed by atoms with Gasteiger partial charge in [0.1, 0.15) is 5.03 Å². The molecule has 0 aromatic carbocycles. The SMILES string of the molecule is CCCc1cc(=O)[nH]c(Sc2ccc(N)c(OC)n2)n1. The lowest BCUT2D eigenvalue weighted by Crippen LogP contribution is -2.10. The largest absolute Gasteiger partial charge is 0.480 e. The molecular formula is C13H16N4O2S. The average Bonchev–Trinajstić information content (AvgIpc) is 2.40. The first-order valence-electron chi connectivity index (χ1n) is 6.21. The molecule has 2 aromatic heterocycles. The second kappa shape index (κ2) is 6.42. The van der Waals surface area contributed by atoms with Crippen LogP contribution < -0.4 is 16.0 Å². The topological polar surface area (TPSA) is 93.9 Å². The van der Waals surface area contributed by atoms with E-state index in [9.17, 15) is 4.79 Å². The lowest BCUT2D eigenvalue weighted by molar-refractivity contribution is 0.397. The maximum atomic E-state index is 11.6. The van der Waals surface area contributed by atoms with E-state index < -0.39 is 0 Å². The summed E-state index contributed by atoms with van der Waals surface area (Å²) in [6, 6.07) is 4.99. The van der Waals surface area contributed by atoms with Gasteiger partial charge >= 0.3 is 0 Å². The van der Waals surface area contributed by atoms with Gasteiger partial charge in [-0.1, -0.05) is 13.3 Å². The van der Waals surface area contributed by atoms with Crippen molar-refractivity contribution in [3.05, 3.63) is 34.2 Å². The molecule has 0 aliphatic heterocycles. The number of nitrogens with one attached hydrogen (secondary N) is 1. The minimum absolute atomic E-state index is 0.159. The number of hydrogen-bond acceptors (Lipinski definition) is 6. The van der Waals surface area contributed by atoms with E-state index in [1.807, 2.05) is 6.92 Å². The number of aromatic amines is 1. The van der Waals surface area contributed by atoms with E-state index >= 15 is 0 Å². The van der Waals surface area contributed by atoms with Gasteiger partial charge in [0, 0.05) is 11.8 Å². The molecule has 0 bridgehead atoms. The molecule has 0 fully saturated rings. The number of rotatable bonds is 5. The van der Waals surface area contributed by atoms with Crippen molar-refractivity contribution in [2.45, 2.75) is 29.9 Å². The van der Waals surface area contributed by atoms with Crippen molar-refractivity contribution in [1.82, 2.24) is 15.0 Å². The maximum Gasteiger partial charge on any atom is 0.251 e. The Labute approximate surface area is 120 Å². The van der Waals surface area contributed by atoms with Gasteiger partial charge in [-0.15, -0.1) is 0 Å². The van der Waals surface area contributed by atoms with E-state index in [-0.39, 0.29) is 5.56 Å². The van der Waals surface area contributed by atoms with E-state index in [1.165, 1.54) is 24.9 Å². The normalized spacial score (nSPS) is 10.5. The Morgan fingerprint density at radius 3 is 2.90 bits per heavy atom. The number of pyridine rings is 1. The molecule has 0 saturated carbocycles. The molecule has 0 spiro atoms. The Kier molecular flexibility index (Phi) is 4.62. The van der Waals surface area contributed by atoms with E-state index in [2.05, 4.69) is 15.0 Å². The summed E-state index contributed by atoms with van der Waals surface area (Å²) in [4.78, 5) is 22.9. The summed E-state index contributed by atoms with van der Waals surface area (Å²) in [5, 5.41) is 1.17. The van der Waals surface area contributed by atoms with Gasteiger partial charge in [-0.3, -0.25) is 4.79 Å². The number of nitrogen functional groups attached to an aromatic ring is 1. The molecule has 2 rings (SSSR count). The highest BCUT2D eigenvalue weighted by Gasteiger charge is 2.07. The minimum atomic E-state index is -0.159. The molecule has 0 atom stereocenters. The number of aryl methyl sites for hydroxylation is 1. The zero-order chi connectivity index (χ0) is 14.5. The first kappa shape index (κ1) is 14.4. The summed E-state index contributed by atoms with van der Waals surface area (Å²) in [5.41, 5.74) is 6.80. The zero-order valence-electron chi connectivity index (χ0n) is 11.3. The maximum absolute atomic E-state index is 11.6. The van der Waals surface area contributed by atoms with E-state index in [4.69, 9.17) is 10.5 Å². The molecule has 106 valence electrons. The first-order valence-corrected chi connectivity index (χ1v) is 7.02. The van der Waals surface area contributed by atoms with Gasteiger partial charge in [-0.05, 0) is 30.3 Å². The van der Waals surface area contributed by atoms with Gasteiger partial charge in [-0.2, -0.15) is 0 Å². The number of hydrogen-bond donors (Lipinski definition) is 2. The van der Waals surface area contributed by atoms with E-state index in [0.717, 1.165) is 18.5 Å². The molecule has 7 heteroatoms. The number of nitrogens with two attached hydrogens (primary N) is 1. The number of ether oxygens (including phenoxy) is 1. The van der Waals surface area contributed by atoms with Crippen LogP contribution in [0.25, 0.3) is 0 Å². The van der Waals surface area contributed by atoms with Crippen molar-refractivity contribution in [1.29, 1.82) is 0 Å². The highest BCUT2D eigenvalue weighted by molar-refractivity contribution is 7.99. The standard InChI is InChI=1S/C13H16N4O2S/c1-3-4-8-7-10(18)16-13(15-8)20-11-6-5-9(14)12(17-11)19-2/h5-7H,3-4,14H2,1-2H3,(H,15,16,18). The van der Waals surface area contributed by atoms with Crippen molar-refractivity contribution in [3.63, 3.8) is 0 Å². The lowest BCUT2D eigenvalue weighted by Gasteiger charge is -2.06. The van der Waals surface area contributed by atoms with Crippen molar-refractivity contribution < 1.29 is 4.74 Å². The third kappa shape index (κ3) is 3.51. The highest BCUT2D eigenvalue weighted by atomic mass is 32.2. The van der Waals surface area contributed by atoms with Gasteiger partial charge in [0.05, 0.1) is 12.8 Å². The van der Waals surface area contributed by atoms with Crippen LogP contribution in [-0.4, -0.2) is 22.1 Å². The minimum Gasteiger partial charge on any atom is -0.480 e. The highest BCUT2D eigenvalue weighted by Crippen LogP contribution is 2.27. The second-order valence-electron chi connectivity index (χ2n) is 4.14. The Morgan fingerprint density at radius 2 is 2.20 bits per heavy atom. The van der Waals surface area contributed by atoms with Gasteiger partial charge in [-0.25, -0.2) is 9.97 Å². The van der Waals surface area contributed by atoms with Crippen LogP contribution in [0.4, 0.5) is 5.69 Å². The van der Waals surface area contributed by atoms with Crippen molar-refractivity contribution in [3.8, 4) is 5.88 Å². The molecule has 0 amide bonds. The fraction of sp³-hybridized carbons (Fsp3) is 0.308. The van der Waals surface area contributed by atoms with E-state index in [1.54, 1.807) is 12.1 Å². The van der Waals surface area contributed by atoms with Crippen molar-refractivity contribution in [2.75, 3.05) is 12.8 Å². The molecule has 0 radical (unpaired) electrons. The summed E-state index contributed by atoms with van der Waals surface area (Å²) in [6.45, 7) is 2.04. The van der Waals surface area contributed by atoms with Crippen LogP contribution in [-0.2, 0) is 6.42 Å². The van der Waals surface area contributed by atoms with Crippen LogP contribution in [0.3, 0.4) is 0 Å². The number of H-pyrrole nitrogens is 1. The third-order valence-electron chi connectivity index (χ3n) is 2.54. The summed E-state index contributed by atoms with van der Waals surface area (Å²) in [6.07, 6.45) is 1.71. The molecule has 0 aliphatic rings. The van der Waals surface area contributed by atoms with Gasteiger partial charge in [0.2, 0.25) is 5.88 Å². The molecular weight excluding hydrogens is 276 g/mol. The number of nitrogens with zero attached hydrogens (tertiary/aromatic N) is 2. The molecule has 0 saturated heterocycles. The van der Waals surface area contributed by atoms with E-state index in [0.29, 0.717) is 21.7 Å². The van der Waals surface area contributed by atoms with Gasteiger partial charge < -0.3 is 15.5 Å². The smallest absolute Gasteiger partial charge is 0.251 e. The van der Waals surface area contributed by atoms with Crippen LogP contribution in [0.15, 0.2) is 33.2 Å². The van der Waals surface area contributed by atoms with Crippen molar-refractivity contribution >= 4 is 17.4 Å². The monoisotopic (exact) mass is 292 g/mol.